The number of nitrogens with one attached hydrogen (secondary N) is 2. The molecule has 2 rings (SSSR count). The molecule has 1 aromatic carbocycles. The van der Waals surface area contributed by atoms with E-state index in [-0.39, 0.29) is 35.5 Å². The maximum atomic E-state index is 13.3. The largest absolute Gasteiger partial charge is 0.494 e. The van der Waals surface area contributed by atoms with E-state index in [0.717, 1.165) is 19.4 Å². The van der Waals surface area contributed by atoms with Gasteiger partial charge in [0.15, 0.2) is 11.6 Å². The summed E-state index contributed by atoms with van der Waals surface area (Å²) in [6.07, 6.45) is 2.30. The Hall–Kier alpha value is -1.33. The van der Waals surface area contributed by atoms with Gasteiger partial charge < -0.3 is 15.4 Å². The highest BCUT2D eigenvalue weighted by Crippen LogP contribution is 2.29. The van der Waals surface area contributed by atoms with Gasteiger partial charge in [0, 0.05) is 18.2 Å². The van der Waals surface area contributed by atoms with Crippen molar-refractivity contribution >= 4 is 18.3 Å². The SMILES string of the molecule is COc1cc(C(=O)NCC2NCCCC2(C)C)ccc1F.Cl. The molecule has 1 heterocycles. The lowest BCUT2D eigenvalue weighted by Crippen LogP contribution is -2.52. The third-order valence-corrected chi connectivity index (χ3v) is 4.21. The molecule has 1 aliphatic heterocycles. The van der Waals surface area contributed by atoms with Crippen LogP contribution in [0.1, 0.15) is 37.0 Å². The Labute approximate surface area is 137 Å². The first kappa shape index (κ1) is 18.7. The Balaban J connectivity index is 0.00000242. The number of piperidine rings is 1. The summed E-state index contributed by atoms with van der Waals surface area (Å²) in [6, 6.07) is 4.38. The van der Waals surface area contributed by atoms with Gasteiger partial charge in [-0.25, -0.2) is 4.39 Å². The molecule has 1 fully saturated rings. The normalized spacial score (nSPS) is 19.9. The van der Waals surface area contributed by atoms with Crippen molar-refractivity contribution < 1.29 is 13.9 Å². The maximum Gasteiger partial charge on any atom is 0.251 e. The lowest BCUT2D eigenvalue weighted by atomic mass is 9.77. The molecule has 0 bridgehead atoms. The van der Waals surface area contributed by atoms with Crippen LogP contribution in [0.4, 0.5) is 4.39 Å². The zero-order valence-corrected chi connectivity index (χ0v) is 14.1. The van der Waals surface area contributed by atoms with E-state index >= 15 is 0 Å². The summed E-state index contributed by atoms with van der Waals surface area (Å²) in [5.74, 6) is -0.598. The van der Waals surface area contributed by atoms with E-state index in [2.05, 4.69) is 24.5 Å². The highest BCUT2D eigenvalue weighted by molar-refractivity contribution is 5.94. The molecule has 1 saturated heterocycles. The van der Waals surface area contributed by atoms with E-state index in [1.165, 1.54) is 25.3 Å². The van der Waals surface area contributed by atoms with Crippen LogP contribution in [0.2, 0.25) is 0 Å². The molecule has 124 valence electrons. The van der Waals surface area contributed by atoms with Crippen molar-refractivity contribution in [3.8, 4) is 5.75 Å². The monoisotopic (exact) mass is 330 g/mol. The van der Waals surface area contributed by atoms with E-state index < -0.39 is 5.82 Å². The van der Waals surface area contributed by atoms with Gasteiger partial charge in [-0.1, -0.05) is 13.8 Å². The zero-order chi connectivity index (χ0) is 15.5. The predicted molar refractivity (Wildman–Crippen MR) is 87.3 cm³/mol. The Morgan fingerprint density at radius 1 is 1.50 bits per heavy atom. The van der Waals surface area contributed by atoms with Gasteiger partial charge in [-0.2, -0.15) is 0 Å². The first-order chi connectivity index (χ1) is 9.94. The van der Waals surface area contributed by atoms with Crippen LogP contribution in [-0.4, -0.2) is 32.1 Å². The molecule has 4 nitrogen and oxygen atoms in total. The van der Waals surface area contributed by atoms with Crippen LogP contribution in [0.5, 0.6) is 5.75 Å². The van der Waals surface area contributed by atoms with Gasteiger partial charge in [0.05, 0.1) is 7.11 Å². The molecule has 0 radical (unpaired) electrons. The van der Waals surface area contributed by atoms with E-state index in [4.69, 9.17) is 4.74 Å². The second-order valence-electron chi connectivity index (χ2n) is 6.16. The van der Waals surface area contributed by atoms with E-state index in [1.807, 2.05) is 0 Å². The molecule has 0 aliphatic carbocycles. The van der Waals surface area contributed by atoms with Crippen LogP contribution in [0.25, 0.3) is 0 Å². The zero-order valence-electron chi connectivity index (χ0n) is 13.2. The Morgan fingerprint density at radius 3 is 2.86 bits per heavy atom. The molecular weight excluding hydrogens is 307 g/mol. The number of carbonyl (C=O) groups is 1. The third-order valence-electron chi connectivity index (χ3n) is 4.21. The Bertz CT molecular complexity index is 523. The number of carbonyl (C=O) groups excluding carboxylic acids is 1. The first-order valence-corrected chi connectivity index (χ1v) is 7.29. The van der Waals surface area contributed by atoms with Crippen molar-refractivity contribution in [2.75, 3.05) is 20.2 Å². The smallest absolute Gasteiger partial charge is 0.251 e. The Morgan fingerprint density at radius 2 is 2.23 bits per heavy atom. The minimum absolute atomic E-state index is 0. The molecule has 1 unspecified atom stereocenters. The van der Waals surface area contributed by atoms with Crippen LogP contribution >= 0.6 is 12.4 Å². The number of methoxy groups -OCH3 is 1. The standard InChI is InChI=1S/C16H23FN2O2.ClH/c1-16(2)7-4-8-18-14(16)10-19-15(20)11-5-6-12(17)13(9-11)21-3;/h5-6,9,14,18H,4,7-8,10H2,1-3H3,(H,19,20);1H. The number of rotatable bonds is 4. The molecule has 1 atom stereocenters. The summed E-state index contributed by atoms with van der Waals surface area (Å²) in [6.45, 7) is 5.95. The van der Waals surface area contributed by atoms with E-state index in [9.17, 15) is 9.18 Å². The fourth-order valence-electron chi connectivity index (χ4n) is 2.72. The van der Waals surface area contributed by atoms with Gasteiger partial charge >= 0.3 is 0 Å². The highest BCUT2D eigenvalue weighted by Gasteiger charge is 2.32. The summed E-state index contributed by atoms with van der Waals surface area (Å²) in [5, 5.41) is 6.36. The van der Waals surface area contributed by atoms with Gasteiger partial charge in [0.1, 0.15) is 0 Å². The maximum absolute atomic E-state index is 13.3. The molecule has 1 aliphatic rings. The first-order valence-electron chi connectivity index (χ1n) is 7.29. The van der Waals surface area contributed by atoms with Gasteiger partial charge in [-0.3, -0.25) is 4.79 Å². The molecule has 22 heavy (non-hydrogen) atoms. The molecule has 0 saturated carbocycles. The molecule has 1 aromatic rings. The molecule has 2 N–H and O–H groups in total. The fourth-order valence-corrected chi connectivity index (χ4v) is 2.72. The predicted octanol–water partition coefficient (Wildman–Crippen LogP) is 2.76. The van der Waals surface area contributed by atoms with Crippen molar-refractivity contribution in [2.45, 2.75) is 32.7 Å². The molecule has 1 amide bonds. The third kappa shape index (κ3) is 4.34. The van der Waals surface area contributed by atoms with Crippen LogP contribution in [0.3, 0.4) is 0 Å². The molecule has 0 aromatic heterocycles. The lowest BCUT2D eigenvalue weighted by Gasteiger charge is -2.39. The number of hydrogen-bond donors (Lipinski definition) is 2. The van der Waals surface area contributed by atoms with Crippen molar-refractivity contribution in [2.24, 2.45) is 5.41 Å². The number of ether oxygens (including phenoxy) is 1. The molecular formula is C16H24ClFN2O2. The van der Waals surface area contributed by atoms with Crippen molar-refractivity contribution in [1.82, 2.24) is 10.6 Å². The quantitative estimate of drug-likeness (QED) is 0.892. The van der Waals surface area contributed by atoms with Gasteiger partial charge in [-0.05, 0) is 43.0 Å². The van der Waals surface area contributed by atoms with Gasteiger partial charge in [0.2, 0.25) is 0 Å². The number of amides is 1. The minimum Gasteiger partial charge on any atom is -0.494 e. The second kappa shape index (κ2) is 7.79. The Kier molecular flexibility index (Phi) is 6.63. The summed E-state index contributed by atoms with van der Waals surface area (Å²) in [4.78, 5) is 12.2. The van der Waals surface area contributed by atoms with Crippen LogP contribution < -0.4 is 15.4 Å². The average molecular weight is 331 g/mol. The molecule has 6 heteroatoms. The van der Waals surface area contributed by atoms with Crippen molar-refractivity contribution in [1.29, 1.82) is 0 Å². The van der Waals surface area contributed by atoms with Gasteiger partial charge in [0.25, 0.3) is 5.91 Å². The number of halogens is 2. The summed E-state index contributed by atoms with van der Waals surface area (Å²) in [5.41, 5.74) is 0.563. The van der Waals surface area contributed by atoms with Gasteiger partial charge in [-0.15, -0.1) is 12.4 Å². The number of hydrogen-bond acceptors (Lipinski definition) is 3. The van der Waals surface area contributed by atoms with Crippen molar-refractivity contribution in [3.05, 3.63) is 29.6 Å². The van der Waals surface area contributed by atoms with Crippen LogP contribution in [-0.2, 0) is 0 Å². The second-order valence-corrected chi connectivity index (χ2v) is 6.16. The topological polar surface area (TPSA) is 50.4 Å². The number of benzene rings is 1. The summed E-state index contributed by atoms with van der Waals surface area (Å²) < 4.78 is 18.2. The van der Waals surface area contributed by atoms with E-state index in [1.54, 1.807) is 0 Å². The van der Waals surface area contributed by atoms with Crippen LogP contribution in [0, 0.1) is 11.2 Å². The van der Waals surface area contributed by atoms with Crippen molar-refractivity contribution in [3.63, 3.8) is 0 Å². The van der Waals surface area contributed by atoms with E-state index in [0.29, 0.717) is 12.1 Å². The molecule has 0 spiro atoms. The average Bonchev–Trinajstić information content (AvgIpc) is 2.46. The van der Waals surface area contributed by atoms with Crippen LogP contribution in [0.15, 0.2) is 18.2 Å². The lowest BCUT2D eigenvalue weighted by molar-refractivity contribution is 0.0928. The summed E-state index contributed by atoms with van der Waals surface area (Å²) >= 11 is 0. The minimum atomic E-state index is -0.468. The fraction of sp³-hybridized carbons (Fsp3) is 0.562. The summed E-state index contributed by atoms with van der Waals surface area (Å²) in [7, 11) is 1.38. The highest BCUT2D eigenvalue weighted by atomic mass is 35.5.